The summed E-state index contributed by atoms with van der Waals surface area (Å²) in [4.78, 5) is 28.6. The second kappa shape index (κ2) is 9.26. The van der Waals surface area contributed by atoms with Gasteiger partial charge in [-0.2, -0.15) is 0 Å². The van der Waals surface area contributed by atoms with Gasteiger partial charge in [-0.25, -0.2) is 15.0 Å². The van der Waals surface area contributed by atoms with Crippen molar-refractivity contribution in [2.75, 3.05) is 13.7 Å². The van der Waals surface area contributed by atoms with E-state index >= 15 is 0 Å². The second-order valence-electron chi connectivity index (χ2n) is 9.95. The highest BCUT2D eigenvalue weighted by molar-refractivity contribution is 5.96. The van der Waals surface area contributed by atoms with Crippen LogP contribution in [-0.4, -0.2) is 57.3 Å². The molecule has 4 heterocycles. The van der Waals surface area contributed by atoms with Crippen LogP contribution in [0.4, 0.5) is 5.82 Å². The first-order valence-electron chi connectivity index (χ1n) is 12.1. The summed E-state index contributed by atoms with van der Waals surface area (Å²) in [5, 5.41) is 3.06. The third-order valence-corrected chi connectivity index (χ3v) is 6.96. The Morgan fingerprint density at radius 2 is 2.17 bits per heavy atom. The molecule has 0 radical (unpaired) electrons. The van der Waals surface area contributed by atoms with Crippen LogP contribution in [-0.2, 0) is 9.53 Å². The summed E-state index contributed by atoms with van der Waals surface area (Å²) in [7, 11) is 1.94. The first-order valence-corrected chi connectivity index (χ1v) is 12.1. The maximum atomic E-state index is 12.9. The van der Waals surface area contributed by atoms with Crippen LogP contribution in [0.5, 0.6) is 0 Å². The molecule has 1 fully saturated rings. The molecular weight excluding hydrogens is 440 g/mol. The Kier molecular flexibility index (Phi) is 6.15. The normalized spacial score (nSPS) is 25.5. The molecule has 1 N–H and O–H groups in total. The molecule has 3 atom stereocenters. The molecule has 1 amide bonds. The first-order chi connectivity index (χ1) is 16.9. The van der Waals surface area contributed by atoms with E-state index in [4.69, 9.17) is 9.72 Å². The van der Waals surface area contributed by atoms with Crippen molar-refractivity contribution in [3.05, 3.63) is 72.1 Å². The number of hydrogen-bond acceptors (Lipinski definition) is 6. The fourth-order valence-electron chi connectivity index (χ4n) is 5.13. The minimum Gasteiger partial charge on any atom is -0.376 e. The van der Waals surface area contributed by atoms with E-state index in [2.05, 4.69) is 46.3 Å². The maximum absolute atomic E-state index is 12.9. The van der Waals surface area contributed by atoms with E-state index in [0.29, 0.717) is 24.4 Å². The molecule has 0 spiro atoms. The largest absolute Gasteiger partial charge is 0.376 e. The van der Waals surface area contributed by atoms with Crippen molar-refractivity contribution in [3.8, 4) is 0 Å². The summed E-state index contributed by atoms with van der Waals surface area (Å²) in [5.41, 5.74) is 2.28. The SMILES string of the molecule is C=Nc1nccn2c(C3CCOC(C)(C)C3)nc(C3C=CC(C(=O)NC4C=CC=CN4C)=CC3)c12. The summed E-state index contributed by atoms with van der Waals surface area (Å²) in [6.45, 7) is 8.71. The predicted molar refractivity (Wildman–Crippen MR) is 137 cm³/mol. The Bertz CT molecular complexity index is 1270. The zero-order valence-electron chi connectivity index (χ0n) is 20.5. The number of allylic oxidation sites excluding steroid dienone is 4. The molecule has 0 aromatic carbocycles. The highest BCUT2D eigenvalue weighted by Gasteiger charge is 2.34. The molecule has 8 heteroatoms. The summed E-state index contributed by atoms with van der Waals surface area (Å²) in [5.74, 6) is 1.80. The fraction of sp³-hybridized carbons (Fsp3) is 0.407. The average Bonchev–Trinajstić information content (AvgIpc) is 3.25. The third kappa shape index (κ3) is 4.58. The second-order valence-corrected chi connectivity index (χ2v) is 9.95. The van der Waals surface area contributed by atoms with Crippen molar-refractivity contribution in [1.82, 2.24) is 24.6 Å². The van der Waals surface area contributed by atoms with Gasteiger partial charge in [-0.15, -0.1) is 0 Å². The van der Waals surface area contributed by atoms with Crippen molar-refractivity contribution in [2.45, 2.75) is 56.7 Å². The molecule has 35 heavy (non-hydrogen) atoms. The Morgan fingerprint density at radius 3 is 2.89 bits per heavy atom. The van der Waals surface area contributed by atoms with Crippen molar-refractivity contribution in [1.29, 1.82) is 0 Å². The number of fused-ring (bicyclic) bond motifs is 1. The van der Waals surface area contributed by atoms with Gasteiger partial charge in [0, 0.05) is 49.7 Å². The van der Waals surface area contributed by atoms with Crippen LogP contribution in [0.15, 0.2) is 65.6 Å². The van der Waals surface area contributed by atoms with Crippen molar-refractivity contribution >= 4 is 24.0 Å². The summed E-state index contributed by atoms with van der Waals surface area (Å²) >= 11 is 0. The van der Waals surface area contributed by atoms with Crippen LogP contribution in [0, 0.1) is 0 Å². The van der Waals surface area contributed by atoms with Crippen LogP contribution in [0.3, 0.4) is 0 Å². The van der Waals surface area contributed by atoms with Gasteiger partial charge in [0.25, 0.3) is 5.91 Å². The molecule has 3 unspecified atom stereocenters. The minimum atomic E-state index is -0.186. The minimum absolute atomic E-state index is 0.0213. The van der Waals surface area contributed by atoms with Gasteiger partial charge in [-0.3, -0.25) is 9.20 Å². The van der Waals surface area contributed by atoms with E-state index in [9.17, 15) is 4.79 Å². The van der Waals surface area contributed by atoms with Gasteiger partial charge in [0.2, 0.25) is 0 Å². The predicted octanol–water partition coefficient (Wildman–Crippen LogP) is 4.16. The van der Waals surface area contributed by atoms with Crippen molar-refractivity contribution in [3.63, 3.8) is 0 Å². The molecule has 5 rings (SSSR count). The summed E-state index contributed by atoms with van der Waals surface area (Å²) < 4.78 is 8.07. The standard InChI is InChI=1S/C27H32N6O2/c1-27(2)17-20(12-16-35-27)25-31-22(23-24(28-3)29-13-15-33(23)25)18-8-10-19(11-9-18)26(34)30-21-7-5-6-14-32(21)4/h5-8,10-11,13-15,18,20-21H,3,9,12,16-17H2,1-2,4H3,(H,30,34). The highest BCUT2D eigenvalue weighted by Crippen LogP contribution is 2.39. The lowest BCUT2D eigenvalue weighted by Gasteiger charge is -2.34. The smallest absolute Gasteiger partial charge is 0.252 e. The molecule has 2 aromatic rings. The number of likely N-dealkylation sites (N-methyl/N-ethyl adjacent to an activating group) is 1. The number of carbonyl (C=O) groups is 1. The molecule has 0 saturated carbocycles. The fourth-order valence-corrected chi connectivity index (χ4v) is 5.13. The molecular formula is C27H32N6O2. The van der Waals surface area contributed by atoms with Crippen LogP contribution in [0.2, 0.25) is 0 Å². The van der Waals surface area contributed by atoms with Gasteiger partial charge >= 0.3 is 0 Å². The molecule has 2 aliphatic heterocycles. The molecule has 8 nitrogen and oxygen atoms in total. The summed E-state index contributed by atoms with van der Waals surface area (Å²) in [6.07, 6.45) is 19.8. The van der Waals surface area contributed by atoms with E-state index < -0.39 is 0 Å². The Balaban J connectivity index is 1.41. The van der Waals surface area contributed by atoms with E-state index in [-0.39, 0.29) is 29.5 Å². The topological polar surface area (TPSA) is 84.1 Å². The lowest BCUT2D eigenvalue weighted by atomic mass is 9.88. The van der Waals surface area contributed by atoms with Gasteiger partial charge in [-0.1, -0.05) is 24.3 Å². The highest BCUT2D eigenvalue weighted by atomic mass is 16.5. The Labute approximate surface area is 205 Å². The number of nitrogens with one attached hydrogen (secondary N) is 1. The number of aromatic nitrogens is 3. The van der Waals surface area contributed by atoms with Gasteiger partial charge in [0.15, 0.2) is 5.82 Å². The molecule has 3 aliphatic rings. The third-order valence-electron chi connectivity index (χ3n) is 6.96. The zero-order chi connectivity index (χ0) is 24.6. The quantitative estimate of drug-likeness (QED) is 0.661. The molecule has 182 valence electrons. The molecule has 0 bridgehead atoms. The van der Waals surface area contributed by atoms with Crippen molar-refractivity contribution < 1.29 is 9.53 Å². The zero-order valence-corrected chi connectivity index (χ0v) is 20.5. The lowest BCUT2D eigenvalue weighted by molar-refractivity contribution is -0.118. The maximum Gasteiger partial charge on any atom is 0.252 e. The van der Waals surface area contributed by atoms with Gasteiger partial charge in [0.05, 0.1) is 11.3 Å². The number of carbonyl (C=O) groups excluding carboxylic acids is 1. The molecule has 1 saturated heterocycles. The number of amides is 1. The van der Waals surface area contributed by atoms with E-state index in [1.165, 1.54) is 0 Å². The number of aliphatic imine (C=N–C) groups is 1. The van der Waals surface area contributed by atoms with Crippen molar-refractivity contribution in [2.24, 2.45) is 4.99 Å². The van der Waals surface area contributed by atoms with E-state index in [0.717, 1.165) is 29.9 Å². The number of hydrogen-bond donors (Lipinski definition) is 1. The van der Waals surface area contributed by atoms with Crippen LogP contribution >= 0.6 is 0 Å². The van der Waals surface area contributed by atoms with E-state index in [1.807, 2.05) is 54.7 Å². The number of rotatable bonds is 5. The average molecular weight is 473 g/mol. The molecule has 1 aliphatic carbocycles. The van der Waals surface area contributed by atoms with Gasteiger partial charge in [0.1, 0.15) is 17.5 Å². The molecule has 2 aromatic heterocycles. The number of imidazole rings is 1. The lowest BCUT2D eigenvalue weighted by Crippen LogP contribution is -2.44. The first kappa shape index (κ1) is 23.2. The Hall–Kier alpha value is -3.52. The van der Waals surface area contributed by atoms with Gasteiger partial charge in [-0.05, 0) is 52.0 Å². The number of nitrogens with zero attached hydrogens (tertiary/aromatic N) is 5. The Morgan fingerprint density at radius 1 is 1.31 bits per heavy atom. The van der Waals surface area contributed by atoms with Crippen LogP contribution in [0.1, 0.15) is 56.5 Å². The van der Waals surface area contributed by atoms with Gasteiger partial charge < -0.3 is 15.0 Å². The number of ether oxygens (including phenoxy) is 1. The monoisotopic (exact) mass is 472 g/mol. The van der Waals surface area contributed by atoms with Crippen LogP contribution in [0.25, 0.3) is 5.52 Å². The van der Waals surface area contributed by atoms with Crippen LogP contribution < -0.4 is 5.32 Å². The van der Waals surface area contributed by atoms with E-state index in [1.54, 1.807) is 6.20 Å². The summed E-state index contributed by atoms with van der Waals surface area (Å²) in [6, 6.07) is 0.